The van der Waals surface area contributed by atoms with E-state index in [0.29, 0.717) is 35.1 Å². The first-order chi connectivity index (χ1) is 25.4. The van der Waals surface area contributed by atoms with E-state index in [9.17, 15) is 14.4 Å². The Bertz CT molecular complexity index is 2370. The van der Waals surface area contributed by atoms with Gasteiger partial charge in [-0.25, -0.2) is 9.78 Å². The van der Waals surface area contributed by atoms with Gasteiger partial charge in [0.05, 0.1) is 40.9 Å². The summed E-state index contributed by atoms with van der Waals surface area (Å²) >= 11 is 4.14. The van der Waals surface area contributed by atoms with Gasteiger partial charge in [0.1, 0.15) is 5.82 Å². The first kappa shape index (κ1) is 34.9. The molecule has 52 heavy (non-hydrogen) atoms. The third-order valence-electron chi connectivity index (χ3n) is 8.11. The van der Waals surface area contributed by atoms with Crippen LogP contribution in [0.25, 0.3) is 21.0 Å². The molecule has 0 aliphatic rings. The zero-order valence-corrected chi connectivity index (χ0v) is 30.4. The SMILES string of the molecule is COC(=O)c1ccc(NC(=O)CSc2nc3ccc(NC(=O)CSc4nnc(Cc5cccc6ccccc56)n4Cc4ccccc4)cc3s2)cc1. The Balaban J connectivity index is 0.973. The van der Waals surface area contributed by atoms with E-state index in [4.69, 9.17) is 4.74 Å². The normalized spacial score (nSPS) is 11.1. The largest absolute Gasteiger partial charge is 0.465 e. The Morgan fingerprint density at radius 1 is 0.769 bits per heavy atom. The molecule has 0 aliphatic heterocycles. The molecule has 2 aromatic heterocycles. The minimum atomic E-state index is -0.437. The summed E-state index contributed by atoms with van der Waals surface area (Å²) in [5.74, 6) is 0.361. The zero-order valence-electron chi connectivity index (χ0n) is 27.9. The molecule has 2 N–H and O–H groups in total. The summed E-state index contributed by atoms with van der Waals surface area (Å²) < 4.78 is 8.44. The van der Waals surface area contributed by atoms with Crippen LogP contribution in [0.4, 0.5) is 11.4 Å². The van der Waals surface area contributed by atoms with E-state index in [2.05, 4.69) is 72.8 Å². The second-order valence-corrected chi connectivity index (χ2v) is 14.9. The highest BCUT2D eigenvalue weighted by Gasteiger charge is 2.17. The second kappa shape index (κ2) is 16.2. The fourth-order valence-corrected chi connectivity index (χ4v) is 8.26. The second-order valence-electron chi connectivity index (χ2n) is 11.7. The summed E-state index contributed by atoms with van der Waals surface area (Å²) in [7, 11) is 1.32. The van der Waals surface area contributed by atoms with Gasteiger partial charge in [0.2, 0.25) is 11.8 Å². The number of carbonyl (C=O) groups excluding carboxylic acids is 3. The molecule has 2 heterocycles. The fraction of sp³-hybridized carbons (Fsp3) is 0.128. The predicted molar refractivity (Wildman–Crippen MR) is 208 cm³/mol. The van der Waals surface area contributed by atoms with E-state index >= 15 is 0 Å². The molecular formula is C39H32N6O4S3. The molecule has 0 radical (unpaired) electrons. The zero-order chi connectivity index (χ0) is 35.9. The highest BCUT2D eigenvalue weighted by Crippen LogP contribution is 2.32. The first-order valence-corrected chi connectivity index (χ1v) is 19.1. The van der Waals surface area contributed by atoms with Crippen LogP contribution >= 0.6 is 34.9 Å². The minimum absolute atomic E-state index is 0.156. The monoisotopic (exact) mass is 744 g/mol. The number of aromatic nitrogens is 4. The van der Waals surface area contributed by atoms with Crippen LogP contribution in [0.5, 0.6) is 0 Å². The highest BCUT2D eigenvalue weighted by molar-refractivity contribution is 8.01. The maximum atomic E-state index is 13.2. The van der Waals surface area contributed by atoms with E-state index in [0.717, 1.165) is 25.9 Å². The van der Waals surface area contributed by atoms with Gasteiger partial charge in [0.15, 0.2) is 9.50 Å². The molecule has 2 amide bonds. The molecular weight excluding hydrogens is 713 g/mol. The van der Waals surface area contributed by atoms with Crippen molar-refractivity contribution in [2.45, 2.75) is 22.5 Å². The minimum Gasteiger partial charge on any atom is -0.465 e. The van der Waals surface area contributed by atoms with Gasteiger partial charge in [-0.2, -0.15) is 0 Å². The van der Waals surface area contributed by atoms with Gasteiger partial charge in [0, 0.05) is 17.8 Å². The quantitative estimate of drug-likeness (QED) is 0.0894. The molecule has 7 rings (SSSR count). The molecule has 0 unspecified atom stereocenters. The number of benzene rings is 5. The van der Waals surface area contributed by atoms with Crippen LogP contribution in [0.1, 0.15) is 27.3 Å². The van der Waals surface area contributed by atoms with Crippen molar-refractivity contribution >= 4 is 85.0 Å². The van der Waals surface area contributed by atoms with E-state index in [-0.39, 0.29) is 23.3 Å². The third kappa shape index (κ3) is 8.51. The summed E-state index contributed by atoms with van der Waals surface area (Å²) in [6, 6.07) is 36.9. The average Bonchev–Trinajstić information content (AvgIpc) is 3.76. The Morgan fingerprint density at radius 3 is 2.29 bits per heavy atom. The molecule has 0 aliphatic carbocycles. The van der Waals surface area contributed by atoms with Gasteiger partial charge in [-0.1, -0.05) is 96.3 Å². The number of nitrogens with zero attached hydrogens (tertiary/aromatic N) is 4. The molecule has 0 bridgehead atoms. The van der Waals surface area contributed by atoms with Crippen molar-refractivity contribution < 1.29 is 19.1 Å². The number of hydrogen-bond acceptors (Lipinski definition) is 10. The number of ether oxygens (including phenoxy) is 1. The van der Waals surface area contributed by atoms with Crippen LogP contribution in [0.3, 0.4) is 0 Å². The van der Waals surface area contributed by atoms with Crippen LogP contribution in [-0.2, 0) is 27.3 Å². The number of anilines is 2. The summed E-state index contributed by atoms with van der Waals surface area (Å²) in [6.45, 7) is 0.589. The van der Waals surface area contributed by atoms with Crippen molar-refractivity contribution in [2.75, 3.05) is 29.2 Å². The van der Waals surface area contributed by atoms with Crippen molar-refractivity contribution in [1.29, 1.82) is 0 Å². The number of rotatable bonds is 13. The van der Waals surface area contributed by atoms with Crippen molar-refractivity contribution in [2.24, 2.45) is 0 Å². The standard InChI is InChI=1S/C39H32N6O4S3/c1-49-37(48)27-14-16-29(17-15-27)40-36(47)24-51-39-42-32-19-18-30(21-33(32)52-39)41-35(46)23-50-38-44-43-34(45(38)22-25-8-3-2-4-9-25)20-28-12-7-11-26-10-5-6-13-31(26)28/h2-19,21H,20,22-24H2,1H3,(H,40,47)(H,41,46). The summed E-state index contributed by atoms with van der Waals surface area (Å²) in [6.07, 6.45) is 0.611. The number of methoxy groups -OCH3 is 1. The smallest absolute Gasteiger partial charge is 0.337 e. The number of carbonyl (C=O) groups is 3. The Morgan fingerprint density at radius 2 is 1.48 bits per heavy atom. The van der Waals surface area contributed by atoms with Crippen molar-refractivity contribution in [3.05, 3.63) is 138 Å². The van der Waals surface area contributed by atoms with Crippen LogP contribution in [0, 0.1) is 0 Å². The Labute approximate surface area is 312 Å². The molecule has 0 spiro atoms. The molecule has 0 fully saturated rings. The predicted octanol–water partition coefficient (Wildman–Crippen LogP) is 7.93. The van der Waals surface area contributed by atoms with Gasteiger partial charge in [0.25, 0.3) is 0 Å². The van der Waals surface area contributed by atoms with Gasteiger partial charge >= 0.3 is 5.97 Å². The number of amides is 2. The lowest BCUT2D eigenvalue weighted by atomic mass is 10.0. The van der Waals surface area contributed by atoms with Crippen molar-refractivity contribution in [1.82, 2.24) is 19.7 Å². The number of esters is 1. The number of hydrogen-bond donors (Lipinski definition) is 2. The fourth-order valence-electron chi connectivity index (χ4n) is 5.60. The summed E-state index contributed by atoms with van der Waals surface area (Å²) in [4.78, 5) is 42.0. The van der Waals surface area contributed by atoms with E-state index in [1.165, 1.54) is 58.3 Å². The topological polar surface area (TPSA) is 128 Å². The van der Waals surface area contributed by atoms with Crippen molar-refractivity contribution in [3.8, 4) is 0 Å². The Hall–Kier alpha value is -5.50. The van der Waals surface area contributed by atoms with Crippen molar-refractivity contribution in [3.63, 3.8) is 0 Å². The first-order valence-electron chi connectivity index (χ1n) is 16.3. The van der Waals surface area contributed by atoms with Gasteiger partial charge in [-0.15, -0.1) is 21.5 Å². The van der Waals surface area contributed by atoms with E-state index in [1.54, 1.807) is 24.3 Å². The molecule has 7 aromatic rings. The Kier molecular flexibility index (Phi) is 10.9. The lowest BCUT2D eigenvalue weighted by Crippen LogP contribution is -2.15. The lowest BCUT2D eigenvalue weighted by molar-refractivity contribution is -0.114. The average molecular weight is 745 g/mol. The molecule has 13 heteroatoms. The van der Waals surface area contributed by atoms with Crippen LogP contribution in [0.15, 0.2) is 125 Å². The number of thiazole rings is 1. The molecule has 10 nitrogen and oxygen atoms in total. The summed E-state index contributed by atoms with van der Waals surface area (Å²) in [5, 5.41) is 18.0. The third-order valence-corrected chi connectivity index (χ3v) is 11.2. The maximum Gasteiger partial charge on any atom is 0.337 e. The van der Waals surface area contributed by atoms with Gasteiger partial charge in [-0.3, -0.25) is 9.59 Å². The van der Waals surface area contributed by atoms with Gasteiger partial charge < -0.3 is 19.9 Å². The molecule has 5 aromatic carbocycles. The van der Waals surface area contributed by atoms with E-state index in [1.807, 2.05) is 48.5 Å². The molecule has 0 atom stereocenters. The maximum absolute atomic E-state index is 13.2. The number of thioether (sulfide) groups is 2. The van der Waals surface area contributed by atoms with Crippen LogP contribution in [-0.4, -0.2) is 56.1 Å². The lowest BCUT2D eigenvalue weighted by Gasteiger charge is -2.12. The van der Waals surface area contributed by atoms with Crippen LogP contribution < -0.4 is 10.6 Å². The number of fused-ring (bicyclic) bond motifs is 2. The van der Waals surface area contributed by atoms with Gasteiger partial charge in [-0.05, 0) is 64.4 Å². The highest BCUT2D eigenvalue weighted by atomic mass is 32.2. The summed E-state index contributed by atoms with van der Waals surface area (Å²) in [5.41, 5.74) is 4.72. The van der Waals surface area contributed by atoms with E-state index < -0.39 is 5.97 Å². The number of nitrogens with one attached hydrogen (secondary N) is 2. The molecule has 260 valence electrons. The van der Waals surface area contributed by atoms with Crippen LogP contribution in [0.2, 0.25) is 0 Å². The molecule has 0 saturated carbocycles. The molecule has 0 saturated heterocycles.